The van der Waals surface area contributed by atoms with Crippen molar-refractivity contribution in [2.45, 2.75) is 25.9 Å². The fraction of sp³-hybridized carbons (Fsp3) is 0.625. The van der Waals surface area contributed by atoms with Gasteiger partial charge in [0, 0.05) is 6.61 Å². The van der Waals surface area contributed by atoms with Crippen LogP contribution in [0.2, 0.25) is 5.35 Å². The molecule has 0 aromatic carbocycles. The second-order valence-electron chi connectivity index (χ2n) is 2.91. The molecule has 1 atom stereocenters. The van der Waals surface area contributed by atoms with Crippen molar-refractivity contribution < 1.29 is 9.15 Å². The number of nitrogens with zero attached hydrogens (tertiary/aromatic N) is 1. The average Bonchev–Trinajstić information content (AvgIpc) is 2.58. The Hall–Kier alpha value is -0.540. The van der Waals surface area contributed by atoms with E-state index in [-0.39, 0.29) is 11.5 Å². The molecule has 0 saturated carbocycles. The maximum Gasteiger partial charge on any atom is 0.292 e. The quantitative estimate of drug-likeness (QED) is 0.678. The Morgan fingerprint density at radius 1 is 1.58 bits per heavy atom. The van der Waals surface area contributed by atoms with Crippen LogP contribution in [0.3, 0.4) is 0 Å². The third-order valence-corrected chi connectivity index (χ3v) is 2.20. The Bertz CT molecular complexity index is 279. The van der Waals surface area contributed by atoms with Crippen LogP contribution in [0.5, 0.6) is 0 Å². The van der Waals surface area contributed by atoms with E-state index in [1.54, 1.807) is 0 Å². The second kappa shape index (κ2) is 3.07. The molecule has 1 unspecified atom stereocenters. The molecule has 1 aromatic rings. The molecule has 4 heteroatoms. The van der Waals surface area contributed by atoms with Crippen LogP contribution >= 0.6 is 11.6 Å². The molecule has 2 rings (SSSR count). The molecular formula is C8H10ClNO2. The predicted molar refractivity (Wildman–Crippen MR) is 44.2 cm³/mol. The number of aryl methyl sites for hydroxylation is 1. The molecule has 0 bridgehead atoms. The molecule has 1 aliphatic rings. The van der Waals surface area contributed by atoms with E-state index in [1.807, 2.05) is 6.92 Å². The van der Waals surface area contributed by atoms with Gasteiger partial charge in [-0.15, -0.1) is 0 Å². The molecule has 0 amide bonds. The van der Waals surface area contributed by atoms with Crippen LogP contribution in [0, 0.1) is 6.92 Å². The van der Waals surface area contributed by atoms with Crippen LogP contribution < -0.4 is 0 Å². The van der Waals surface area contributed by atoms with Gasteiger partial charge in [-0.25, -0.2) is 4.98 Å². The first-order valence-corrected chi connectivity index (χ1v) is 4.39. The lowest BCUT2D eigenvalue weighted by Crippen LogP contribution is -1.97. The van der Waals surface area contributed by atoms with Crippen molar-refractivity contribution in [1.82, 2.24) is 4.98 Å². The predicted octanol–water partition coefficient (Wildman–Crippen LogP) is 2.49. The number of rotatable bonds is 1. The summed E-state index contributed by atoms with van der Waals surface area (Å²) >= 11 is 5.61. The number of oxazole rings is 1. The number of halogens is 1. The highest BCUT2D eigenvalue weighted by molar-refractivity contribution is 6.27. The zero-order valence-corrected chi connectivity index (χ0v) is 7.60. The van der Waals surface area contributed by atoms with Gasteiger partial charge in [-0.1, -0.05) is 0 Å². The molecule has 66 valence electrons. The van der Waals surface area contributed by atoms with Gasteiger partial charge in [-0.05, 0) is 31.4 Å². The van der Waals surface area contributed by atoms with Crippen LogP contribution in [-0.2, 0) is 4.74 Å². The molecule has 12 heavy (non-hydrogen) atoms. The lowest BCUT2D eigenvalue weighted by molar-refractivity contribution is 0.108. The maximum absolute atomic E-state index is 5.61. The summed E-state index contributed by atoms with van der Waals surface area (Å²) in [5.41, 5.74) is 0.859. The van der Waals surface area contributed by atoms with E-state index in [0.717, 1.165) is 30.9 Å². The molecule has 0 aliphatic carbocycles. The molecule has 2 heterocycles. The van der Waals surface area contributed by atoms with Crippen molar-refractivity contribution >= 4 is 11.6 Å². The van der Waals surface area contributed by atoms with Gasteiger partial charge in [0.1, 0.15) is 17.6 Å². The monoisotopic (exact) mass is 187 g/mol. The zero-order chi connectivity index (χ0) is 8.55. The van der Waals surface area contributed by atoms with E-state index in [2.05, 4.69) is 4.98 Å². The minimum atomic E-state index is 0.0984. The highest BCUT2D eigenvalue weighted by Gasteiger charge is 2.23. The van der Waals surface area contributed by atoms with E-state index in [9.17, 15) is 0 Å². The zero-order valence-electron chi connectivity index (χ0n) is 6.84. The molecule has 1 fully saturated rings. The topological polar surface area (TPSA) is 35.3 Å². The van der Waals surface area contributed by atoms with E-state index in [4.69, 9.17) is 20.8 Å². The van der Waals surface area contributed by atoms with Gasteiger partial charge in [0.2, 0.25) is 0 Å². The molecule has 1 aromatic heterocycles. The highest BCUT2D eigenvalue weighted by Crippen LogP contribution is 2.31. The number of hydrogen-bond donors (Lipinski definition) is 0. The van der Waals surface area contributed by atoms with Gasteiger partial charge in [0.25, 0.3) is 5.35 Å². The maximum atomic E-state index is 5.61. The molecule has 1 aliphatic heterocycles. The lowest BCUT2D eigenvalue weighted by Gasteiger charge is -2.04. The summed E-state index contributed by atoms with van der Waals surface area (Å²) in [7, 11) is 0. The first kappa shape index (κ1) is 8.08. The largest absolute Gasteiger partial charge is 0.433 e. The number of ether oxygens (including phenoxy) is 1. The third-order valence-electron chi connectivity index (χ3n) is 2.04. The SMILES string of the molecule is Cc1oc(Cl)nc1C1CCCO1. The Morgan fingerprint density at radius 2 is 2.42 bits per heavy atom. The molecular weight excluding hydrogens is 178 g/mol. The van der Waals surface area contributed by atoms with Crippen LogP contribution in [-0.4, -0.2) is 11.6 Å². The van der Waals surface area contributed by atoms with E-state index < -0.39 is 0 Å². The van der Waals surface area contributed by atoms with Crippen molar-refractivity contribution in [2.24, 2.45) is 0 Å². The molecule has 1 saturated heterocycles. The van der Waals surface area contributed by atoms with Crippen molar-refractivity contribution in [2.75, 3.05) is 6.61 Å². The van der Waals surface area contributed by atoms with E-state index in [0.29, 0.717) is 0 Å². The molecule has 3 nitrogen and oxygen atoms in total. The van der Waals surface area contributed by atoms with Gasteiger partial charge in [-0.2, -0.15) is 0 Å². The Morgan fingerprint density at radius 3 is 2.92 bits per heavy atom. The van der Waals surface area contributed by atoms with Gasteiger partial charge in [-0.3, -0.25) is 0 Å². The summed E-state index contributed by atoms with van der Waals surface area (Å²) in [4.78, 5) is 4.07. The van der Waals surface area contributed by atoms with Crippen molar-refractivity contribution in [3.63, 3.8) is 0 Å². The van der Waals surface area contributed by atoms with E-state index in [1.165, 1.54) is 0 Å². The Balaban J connectivity index is 2.25. The summed E-state index contributed by atoms with van der Waals surface area (Å²) in [5.74, 6) is 0.770. The van der Waals surface area contributed by atoms with Crippen molar-refractivity contribution in [3.05, 3.63) is 16.8 Å². The van der Waals surface area contributed by atoms with Crippen LogP contribution in [0.4, 0.5) is 0 Å². The van der Waals surface area contributed by atoms with Crippen LogP contribution in [0.15, 0.2) is 4.42 Å². The summed E-state index contributed by atoms with van der Waals surface area (Å²) in [6.45, 7) is 2.67. The Kier molecular flexibility index (Phi) is 2.07. The fourth-order valence-electron chi connectivity index (χ4n) is 1.47. The summed E-state index contributed by atoms with van der Waals surface area (Å²) in [5, 5.41) is 0.206. The molecule has 0 N–H and O–H groups in total. The molecule has 0 radical (unpaired) electrons. The lowest BCUT2D eigenvalue weighted by atomic mass is 10.1. The van der Waals surface area contributed by atoms with E-state index >= 15 is 0 Å². The van der Waals surface area contributed by atoms with Crippen molar-refractivity contribution in [1.29, 1.82) is 0 Å². The van der Waals surface area contributed by atoms with Gasteiger partial charge in [0.05, 0.1) is 0 Å². The smallest absolute Gasteiger partial charge is 0.292 e. The third kappa shape index (κ3) is 1.34. The number of hydrogen-bond acceptors (Lipinski definition) is 3. The minimum absolute atomic E-state index is 0.0984. The van der Waals surface area contributed by atoms with Gasteiger partial charge < -0.3 is 9.15 Å². The summed E-state index contributed by atoms with van der Waals surface area (Å²) in [6.07, 6.45) is 2.21. The Labute approximate surface area is 75.7 Å². The van der Waals surface area contributed by atoms with Crippen molar-refractivity contribution in [3.8, 4) is 0 Å². The molecule has 0 spiro atoms. The average molecular weight is 188 g/mol. The fourth-order valence-corrected chi connectivity index (χ4v) is 1.67. The summed E-state index contributed by atoms with van der Waals surface area (Å²) in [6, 6.07) is 0. The van der Waals surface area contributed by atoms with Gasteiger partial charge >= 0.3 is 0 Å². The normalized spacial score (nSPS) is 23.3. The highest BCUT2D eigenvalue weighted by atomic mass is 35.5. The van der Waals surface area contributed by atoms with Crippen LogP contribution in [0.25, 0.3) is 0 Å². The van der Waals surface area contributed by atoms with Gasteiger partial charge in [0.15, 0.2) is 0 Å². The first-order valence-electron chi connectivity index (χ1n) is 4.02. The van der Waals surface area contributed by atoms with Crippen LogP contribution in [0.1, 0.15) is 30.4 Å². The standard InChI is InChI=1S/C8H10ClNO2/c1-5-7(10-8(9)12-5)6-3-2-4-11-6/h6H,2-4H2,1H3. The summed E-state index contributed by atoms with van der Waals surface area (Å²) < 4.78 is 10.6. The second-order valence-corrected chi connectivity index (χ2v) is 3.23. The first-order chi connectivity index (χ1) is 5.77. The number of aromatic nitrogens is 1. The minimum Gasteiger partial charge on any atom is -0.433 e.